The third-order valence-electron chi connectivity index (χ3n) is 9.66. The van der Waals surface area contributed by atoms with Gasteiger partial charge < -0.3 is 19.3 Å². The lowest BCUT2D eigenvalue weighted by molar-refractivity contribution is -0.296. The number of rotatable bonds is 13. The Morgan fingerprint density at radius 3 is 1.75 bits per heavy atom. The van der Waals surface area contributed by atoms with Gasteiger partial charge in [-0.25, -0.2) is 19.3 Å². The lowest BCUT2D eigenvalue weighted by Gasteiger charge is -2.50. The van der Waals surface area contributed by atoms with Gasteiger partial charge in [0.15, 0.2) is 0 Å². The standard InChI is InChI=1S/C42H52N6O9/c1-42(2,3)27-35(49)46-22-24-47(25-23-46)41(53)48-36(34(57-54)26-30-14-7-4-8-15-30)33(37(48)50)20-13-21-43-38(44-39(51)55-28-31-16-9-5-10-17-31)45-40(52)56-29-32-18-11-6-12-19-32/h4-12,14-19,33-34,36,54H,13,20-29H2,1-3H3,(H2,43,44,45,51,52). The van der Waals surface area contributed by atoms with Crippen molar-refractivity contribution in [2.75, 3.05) is 32.7 Å². The maximum absolute atomic E-state index is 13.9. The van der Waals surface area contributed by atoms with Gasteiger partial charge >= 0.3 is 18.2 Å². The SMILES string of the molecule is CC(C)(C)CC(=O)N1CCN(C(=O)N2C(=O)C(CCCN=C(NC(=O)OCc3ccccc3)NC(=O)OCc3ccccc3)C2C(Cc2ccccc2)OO)CC1. The molecule has 2 aliphatic rings. The highest BCUT2D eigenvalue weighted by Crippen LogP contribution is 2.36. The van der Waals surface area contributed by atoms with Gasteiger partial charge in [0.25, 0.3) is 0 Å². The first-order chi connectivity index (χ1) is 27.4. The molecule has 3 N–H and O–H groups in total. The summed E-state index contributed by atoms with van der Waals surface area (Å²) in [6, 6.07) is 26.1. The van der Waals surface area contributed by atoms with E-state index in [4.69, 9.17) is 14.4 Å². The van der Waals surface area contributed by atoms with Gasteiger partial charge in [-0.2, -0.15) is 0 Å². The van der Waals surface area contributed by atoms with Crippen LogP contribution in [0, 0.1) is 11.3 Å². The van der Waals surface area contributed by atoms with E-state index in [1.54, 1.807) is 34.1 Å². The average molecular weight is 785 g/mol. The zero-order valence-electron chi connectivity index (χ0n) is 32.7. The van der Waals surface area contributed by atoms with Crippen molar-refractivity contribution in [3.63, 3.8) is 0 Å². The highest BCUT2D eigenvalue weighted by Gasteiger charge is 2.55. The molecule has 3 aromatic rings. The molecule has 3 atom stereocenters. The lowest BCUT2D eigenvalue weighted by Crippen LogP contribution is -2.70. The summed E-state index contributed by atoms with van der Waals surface area (Å²) in [5.74, 6) is -1.30. The summed E-state index contributed by atoms with van der Waals surface area (Å²) in [5.41, 5.74) is 2.20. The Kier molecular flexibility index (Phi) is 15.1. The number of guanidine groups is 1. The summed E-state index contributed by atoms with van der Waals surface area (Å²) in [7, 11) is 0. The predicted molar refractivity (Wildman–Crippen MR) is 210 cm³/mol. The van der Waals surface area contributed by atoms with Crippen molar-refractivity contribution >= 4 is 36.0 Å². The minimum absolute atomic E-state index is 0.0130. The van der Waals surface area contributed by atoms with Crippen LogP contribution in [0.4, 0.5) is 14.4 Å². The first-order valence-corrected chi connectivity index (χ1v) is 19.2. The second kappa shape index (κ2) is 20.4. The molecule has 2 saturated heterocycles. The summed E-state index contributed by atoms with van der Waals surface area (Å²) >= 11 is 0. The van der Waals surface area contributed by atoms with Gasteiger partial charge in [-0.3, -0.25) is 35.4 Å². The normalized spacial score (nSPS) is 17.2. The highest BCUT2D eigenvalue weighted by molar-refractivity contribution is 6.02. The number of amides is 6. The van der Waals surface area contributed by atoms with Crippen molar-refractivity contribution in [1.82, 2.24) is 25.3 Å². The molecular weight excluding hydrogens is 732 g/mol. The van der Waals surface area contributed by atoms with Crippen molar-refractivity contribution in [3.05, 3.63) is 108 Å². The molecule has 2 heterocycles. The number of imide groups is 1. The molecule has 2 fully saturated rings. The van der Waals surface area contributed by atoms with E-state index in [-0.39, 0.29) is 63.0 Å². The number of carbonyl (C=O) groups excluding carboxylic acids is 5. The van der Waals surface area contributed by atoms with Crippen LogP contribution < -0.4 is 10.6 Å². The number of alkyl carbamates (subject to hydrolysis) is 2. The molecule has 3 aromatic carbocycles. The van der Waals surface area contributed by atoms with Crippen LogP contribution in [0.25, 0.3) is 0 Å². The number of carbonyl (C=O) groups is 5. The van der Waals surface area contributed by atoms with E-state index < -0.39 is 42.2 Å². The molecule has 304 valence electrons. The molecule has 3 unspecified atom stereocenters. The molecule has 6 amide bonds. The number of ether oxygens (including phenoxy) is 2. The molecule has 15 heteroatoms. The van der Waals surface area contributed by atoms with Crippen molar-refractivity contribution in [2.45, 2.75) is 71.8 Å². The number of hydrogen-bond acceptors (Lipinski definition) is 10. The molecule has 0 radical (unpaired) electrons. The summed E-state index contributed by atoms with van der Waals surface area (Å²) in [6.45, 7) is 7.26. The van der Waals surface area contributed by atoms with E-state index in [1.807, 2.05) is 87.5 Å². The Balaban J connectivity index is 1.24. The summed E-state index contributed by atoms with van der Waals surface area (Å²) in [4.78, 5) is 79.7. The van der Waals surface area contributed by atoms with Gasteiger partial charge in [0, 0.05) is 45.6 Å². The quantitative estimate of drug-likeness (QED) is 0.0497. The molecule has 57 heavy (non-hydrogen) atoms. The molecule has 0 aliphatic carbocycles. The minimum Gasteiger partial charge on any atom is -0.444 e. The Hall–Kier alpha value is -5.80. The van der Waals surface area contributed by atoms with Gasteiger partial charge in [-0.1, -0.05) is 112 Å². The molecule has 0 aromatic heterocycles. The molecule has 5 rings (SSSR count). The van der Waals surface area contributed by atoms with Crippen LogP contribution in [0.1, 0.15) is 56.7 Å². The van der Waals surface area contributed by atoms with Gasteiger partial charge in [0.2, 0.25) is 17.8 Å². The monoisotopic (exact) mass is 784 g/mol. The van der Waals surface area contributed by atoms with Crippen LogP contribution in [0.2, 0.25) is 0 Å². The van der Waals surface area contributed by atoms with Crippen LogP contribution in [0.3, 0.4) is 0 Å². The van der Waals surface area contributed by atoms with E-state index in [1.165, 1.54) is 0 Å². The minimum atomic E-state index is -0.921. The van der Waals surface area contributed by atoms with Crippen LogP contribution in [0.5, 0.6) is 0 Å². The molecule has 0 bridgehead atoms. The second-order valence-corrected chi connectivity index (χ2v) is 15.3. The summed E-state index contributed by atoms with van der Waals surface area (Å²) < 4.78 is 10.6. The second-order valence-electron chi connectivity index (χ2n) is 15.3. The zero-order valence-corrected chi connectivity index (χ0v) is 32.7. The fourth-order valence-corrected chi connectivity index (χ4v) is 6.77. The molecule has 2 aliphatic heterocycles. The van der Waals surface area contributed by atoms with Gasteiger partial charge in [-0.05, 0) is 34.9 Å². The number of nitrogens with one attached hydrogen (secondary N) is 2. The maximum Gasteiger partial charge on any atom is 0.414 e. The fourth-order valence-electron chi connectivity index (χ4n) is 6.77. The Labute approximate surface area is 332 Å². The third kappa shape index (κ3) is 12.6. The fraction of sp³-hybridized carbons (Fsp3) is 0.429. The van der Waals surface area contributed by atoms with Crippen molar-refractivity contribution < 1.29 is 43.6 Å². The van der Waals surface area contributed by atoms with Crippen LogP contribution in [-0.4, -0.2) is 101 Å². The van der Waals surface area contributed by atoms with Crippen molar-refractivity contribution in [1.29, 1.82) is 0 Å². The number of hydrogen-bond donors (Lipinski definition) is 3. The van der Waals surface area contributed by atoms with E-state index in [9.17, 15) is 29.2 Å². The van der Waals surface area contributed by atoms with E-state index >= 15 is 0 Å². The smallest absolute Gasteiger partial charge is 0.414 e. The third-order valence-corrected chi connectivity index (χ3v) is 9.66. The number of aliphatic imine (C=N–C) groups is 1. The Morgan fingerprint density at radius 1 is 0.772 bits per heavy atom. The number of piperazine rings is 1. The Bertz CT molecular complexity index is 1770. The molecule has 0 spiro atoms. The average Bonchev–Trinajstić information content (AvgIpc) is 3.20. The first-order valence-electron chi connectivity index (χ1n) is 19.2. The van der Waals surface area contributed by atoms with E-state index in [0.29, 0.717) is 25.9 Å². The predicted octanol–water partition coefficient (Wildman–Crippen LogP) is 5.60. The summed E-state index contributed by atoms with van der Waals surface area (Å²) in [6.07, 6.45) is -1.45. The first kappa shape index (κ1) is 42.3. The van der Waals surface area contributed by atoms with Crippen LogP contribution in [-0.2, 0) is 43.6 Å². The van der Waals surface area contributed by atoms with Gasteiger partial charge in [0.1, 0.15) is 19.3 Å². The maximum atomic E-state index is 13.9. The lowest BCUT2D eigenvalue weighted by atomic mass is 9.79. The van der Waals surface area contributed by atoms with Crippen molar-refractivity contribution in [2.24, 2.45) is 16.3 Å². The van der Waals surface area contributed by atoms with Gasteiger partial charge in [0.05, 0.1) is 12.0 Å². The Morgan fingerprint density at radius 2 is 1.26 bits per heavy atom. The number of benzene rings is 3. The highest BCUT2D eigenvalue weighted by atomic mass is 17.1. The number of likely N-dealkylation sites (tertiary alicyclic amines) is 1. The number of β-lactam (4-membered cyclic amide) rings is 1. The molecule has 0 saturated carbocycles. The summed E-state index contributed by atoms with van der Waals surface area (Å²) in [5, 5.41) is 15.1. The zero-order chi connectivity index (χ0) is 40.8. The van der Waals surface area contributed by atoms with Crippen LogP contribution >= 0.6 is 0 Å². The molecular formula is C42H52N6O9. The van der Waals surface area contributed by atoms with Crippen molar-refractivity contribution in [3.8, 4) is 0 Å². The van der Waals surface area contributed by atoms with Gasteiger partial charge in [-0.15, -0.1) is 0 Å². The topological polar surface area (TPSA) is 179 Å². The largest absolute Gasteiger partial charge is 0.444 e. The van der Waals surface area contributed by atoms with Crippen LogP contribution in [0.15, 0.2) is 96.0 Å². The number of nitrogens with zero attached hydrogens (tertiary/aromatic N) is 4. The van der Waals surface area contributed by atoms with E-state index in [2.05, 4.69) is 15.6 Å². The molecule has 15 nitrogen and oxygen atoms in total. The number of urea groups is 1. The van der Waals surface area contributed by atoms with E-state index in [0.717, 1.165) is 21.6 Å².